The Morgan fingerprint density at radius 2 is 1.71 bits per heavy atom. The predicted octanol–water partition coefficient (Wildman–Crippen LogP) is 3.49. The van der Waals surface area contributed by atoms with Gasteiger partial charge in [0.05, 0.1) is 5.92 Å². The smallest absolute Gasteiger partial charge is 0.321 e. The average molecular weight is 568 g/mol. The maximum absolute atomic E-state index is 15.0. The number of aliphatic carboxylic acids is 1. The number of hydrogen-bond acceptors (Lipinski definition) is 5. The molecule has 0 unspecified atom stereocenters. The third kappa shape index (κ3) is 6.03. The Balaban J connectivity index is 1.14. The SMILES string of the molecule is O=C(O)[C@H](Cc1ccc2c(c1)CCC2)N1CCN(C(=O)[C@@H]2CN(C3CCOCC3)C[C@H]2c2ccc(F)cc2F)CC1. The minimum Gasteiger partial charge on any atom is -0.480 e. The molecule has 9 heteroatoms. The van der Waals surface area contributed by atoms with Crippen LogP contribution in [0.5, 0.6) is 0 Å². The number of halogens is 2. The third-order valence-electron chi connectivity index (χ3n) is 9.68. The van der Waals surface area contributed by atoms with E-state index in [9.17, 15) is 23.5 Å². The first-order valence-corrected chi connectivity index (χ1v) is 15.0. The molecule has 41 heavy (non-hydrogen) atoms. The molecule has 1 amide bonds. The van der Waals surface area contributed by atoms with Crippen LogP contribution in [-0.4, -0.2) is 96.2 Å². The minimum absolute atomic E-state index is 0.0292. The lowest BCUT2D eigenvalue weighted by Gasteiger charge is -2.39. The Labute approximate surface area is 240 Å². The van der Waals surface area contributed by atoms with Gasteiger partial charge in [-0.05, 0) is 66.8 Å². The Kier molecular flexibility index (Phi) is 8.38. The zero-order chi connectivity index (χ0) is 28.5. The van der Waals surface area contributed by atoms with Crippen molar-refractivity contribution in [1.29, 1.82) is 0 Å². The molecular formula is C32H39F2N3O4. The Hall–Kier alpha value is -2.88. The van der Waals surface area contributed by atoms with Gasteiger partial charge in [-0.1, -0.05) is 24.3 Å². The second-order valence-electron chi connectivity index (χ2n) is 12.1. The van der Waals surface area contributed by atoms with Crippen molar-refractivity contribution >= 4 is 11.9 Å². The van der Waals surface area contributed by atoms with Gasteiger partial charge in [-0.15, -0.1) is 0 Å². The van der Waals surface area contributed by atoms with E-state index in [1.165, 1.54) is 23.3 Å². The van der Waals surface area contributed by atoms with E-state index in [1.807, 2.05) is 9.80 Å². The number of likely N-dealkylation sites (tertiary alicyclic amines) is 1. The third-order valence-corrected chi connectivity index (χ3v) is 9.68. The number of amides is 1. The summed E-state index contributed by atoms with van der Waals surface area (Å²) in [6.45, 7) is 4.23. The highest BCUT2D eigenvalue weighted by atomic mass is 19.1. The molecule has 1 N–H and O–H groups in total. The van der Waals surface area contributed by atoms with Crippen molar-refractivity contribution < 1.29 is 28.2 Å². The van der Waals surface area contributed by atoms with E-state index in [-0.39, 0.29) is 17.9 Å². The van der Waals surface area contributed by atoms with Gasteiger partial charge in [0, 0.05) is 70.5 Å². The van der Waals surface area contributed by atoms with Crippen molar-refractivity contribution in [3.63, 3.8) is 0 Å². The van der Waals surface area contributed by atoms with Gasteiger partial charge >= 0.3 is 5.97 Å². The van der Waals surface area contributed by atoms with Crippen molar-refractivity contribution in [1.82, 2.24) is 14.7 Å². The molecule has 7 nitrogen and oxygen atoms in total. The lowest BCUT2D eigenvalue weighted by atomic mass is 9.87. The summed E-state index contributed by atoms with van der Waals surface area (Å²) in [6, 6.07) is 9.64. The Morgan fingerprint density at radius 1 is 0.951 bits per heavy atom. The standard InChI is InChI=1S/C32H39F2N3O4/c33-24-6-7-26(29(34)18-24)27-19-37(25-8-14-41-15-9-25)20-28(27)31(38)36-12-10-35(11-13-36)30(32(39)40)17-21-4-5-22-2-1-3-23(22)16-21/h4-7,16,18,25,27-28,30H,1-3,8-15,17,19-20H2,(H,39,40)/t27-,28+,30-/m0/s1. The van der Waals surface area contributed by atoms with E-state index in [0.717, 1.165) is 43.7 Å². The molecule has 3 saturated heterocycles. The quantitative estimate of drug-likeness (QED) is 0.553. The predicted molar refractivity (Wildman–Crippen MR) is 150 cm³/mol. The van der Waals surface area contributed by atoms with E-state index in [2.05, 4.69) is 23.1 Å². The van der Waals surface area contributed by atoms with Crippen LogP contribution in [0.1, 0.15) is 47.4 Å². The molecule has 1 aliphatic carbocycles. The van der Waals surface area contributed by atoms with Gasteiger partial charge < -0.3 is 14.7 Å². The molecule has 3 fully saturated rings. The average Bonchev–Trinajstić information content (AvgIpc) is 3.63. The first-order chi connectivity index (χ1) is 19.9. The summed E-state index contributed by atoms with van der Waals surface area (Å²) >= 11 is 0. The van der Waals surface area contributed by atoms with Crippen molar-refractivity contribution in [2.45, 2.75) is 56.5 Å². The van der Waals surface area contributed by atoms with E-state index in [1.54, 1.807) is 0 Å². The van der Waals surface area contributed by atoms with Crippen molar-refractivity contribution in [3.8, 4) is 0 Å². The van der Waals surface area contributed by atoms with E-state index < -0.39 is 29.6 Å². The molecule has 0 aromatic heterocycles. The van der Waals surface area contributed by atoms with E-state index in [0.29, 0.717) is 64.5 Å². The number of carbonyl (C=O) groups excluding carboxylic acids is 1. The fraction of sp³-hybridized carbons (Fsp3) is 0.562. The molecule has 0 bridgehead atoms. The Bertz CT molecular complexity index is 1280. The topological polar surface area (TPSA) is 73.3 Å². The summed E-state index contributed by atoms with van der Waals surface area (Å²) in [7, 11) is 0. The van der Waals surface area contributed by atoms with Gasteiger partial charge in [0.25, 0.3) is 0 Å². The molecule has 2 aromatic carbocycles. The molecule has 0 saturated carbocycles. The fourth-order valence-electron chi connectivity index (χ4n) is 7.39. The lowest BCUT2D eigenvalue weighted by molar-refractivity contribution is -0.145. The summed E-state index contributed by atoms with van der Waals surface area (Å²) in [4.78, 5) is 32.3. The van der Waals surface area contributed by atoms with Crippen LogP contribution in [0.25, 0.3) is 0 Å². The summed E-state index contributed by atoms with van der Waals surface area (Å²) in [5.41, 5.74) is 4.13. The molecule has 4 aliphatic rings. The number of fused-ring (bicyclic) bond motifs is 1. The van der Waals surface area contributed by atoms with Gasteiger partial charge in [0.15, 0.2) is 0 Å². The zero-order valence-corrected chi connectivity index (χ0v) is 23.4. The highest BCUT2D eigenvalue weighted by molar-refractivity contribution is 5.81. The van der Waals surface area contributed by atoms with Crippen LogP contribution in [0, 0.1) is 17.6 Å². The molecule has 3 heterocycles. The molecule has 6 rings (SSSR count). The van der Waals surface area contributed by atoms with E-state index in [4.69, 9.17) is 4.74 Å². The normalized spacial score (nSPS) is 24.9. The number of carboxylic acids is 1. The summed E-state index contributed by atoms with van der Waals surface area (Å²) in [5.74, 6) is -2.92. The molecule has 2 aromatic rings. The monoisotopic (exact) mass is 567 g/mol. The van der Waals surface area contributed by atoms with Gasteiger partial charge in [-0.3, -0.25) is 19.4 Å². The van der Waals surface area contributed by atoms with Gasteiger partial charge in [-0.25, -0.2) is 8.78 Å². The maximum atomic E-state index is 15.0. The first kappa shape index (κ1) is 28.2. The molecule has 3 atom stereocenters. The van der Waals surface area contributed by atoms with Gasteiger partial charge in [0.1, 0.15) is 17.7 Å². The van der Waals surface area contributed by atoms with Gasteiger partial charge in [0.2, 0.25) is 5.91 Å². The van der Waals surface area contributed by atoms with Gasteiger partial charge in [-0.2, -0.15) is 0 Å². The highest BCUT2D eigenvalue weighted by Gasteiger charge is 2.44. The lowest BCUT2D eigenvalue weighted by Crippen LogP contribution is -2.56. The first-order valence-electron chi connectivity index (χ1n) is 15.0. The number of piperazine rings is 1. The maximum Gasteiger partial charge on any atom is 0.321 e. The van der Waals surface area contributed by atoms with Crippen molar-refractivity contribution in [3.05, 3.63) is 70.3 Å². The second-order valence-corrected chi connectivity index (χ2v) is 12.1. The van der Waals surface area contributed by atoms with Crippen molar-refractivity contribution in [2.75, 3.05) is 52.5 Å². The van der Waals surface area contributed by atoms with E-state index >= 15 is 0 Å². The molecule has 220 valence electrons. The van der Waals surface area contributed by atoms with Crippen molar-refractivity contribution in [2.24, 2.45) is 5.92 Å². The van der Waals surface area contributed by atoms with Crippen LogP contribution in [0.4, 0.5) is 8.78 Å². The number of ether oxygens (including phenoxy) is 1. The number of nitrogens with zero attached hydrogens (tertiary/aromatic N) is 3. The van der Waals surface area contributed by atoms with Crippen LogP contribution >= 0.6 is 0 Å². The molecule has 3 aliphatic heterocycles. The van der Waals surface area contributed by atoms with Crippen LogP contribution in [-0.2, 0) is 33.6 Å². The van der Waals surface area contributed by atoms with Crippen LogP contribution in [0.3, 0.4) is 0 Å². The number of rotatable bonds is 7. The van der Waals surface area contributed by atoms with Crippen LogP contribution < -0.4 is 0 Å². The molecule has 0 spiro atoms. The summed E-state index contributed by atoms with van der Waals surface area (Å²) in [5, 5.41) is 10.1. The molecule has 0 radical (unpaired) electrons. The minimum atomic E-state index is -0.847. The Morgan fingerprint density at radius 3 is 2.44 bits per heavy atom. The fourth-order valence-corrected chi connectivity index (χ4v) is 7.39. The van der Waals surface area contributed by atoms with Crippen LogP contribution in [0.15, 0.2) is 36.4 Å². The van der Waals surface area contributed by atoms with Crippen LogP contribution in [0.2, 0.25) is 0 Å². The largest absolute Gasteiger partial charge is 0.480 e. The zero-order valence-electron chi connectivity index (χ0n) is 23.4. The second kappa shape index (κ2) is 12.2. The summed E-state index contributed by atoms with van der Waals surface area (Å²) < 4.78 is 34.2. The molecular weight excluding hydrogens is 528 g/mol. The number of hydrogen-bond donors (Lipinski definition) is 1. The number of carbonyl (C=O) groups is 2. The number of aryl methyl sites for hydroxylation is 2. The number of carboxylic acid groups (broad SMARTS) is 1. The summed E-state index contributed by atoms with van der Waals surface area (Å²) in [6.07, 6.45) is 5.48. The highest BCUT2D eigenvalue weighted by Crippen LogP contribution is 2.38. The number of benzene rings is 2.